The summed E-state index contributed by atoms with van der Waals surface area (Å²) in [7, 11) is 0. The van der Waals surface area contributed by atoms with E-state index in [0.717, 1.165) is 16.3 Å². The number of benzene rings is 2. The van der Waals surface area contributed by atoms with Gasteiger partial charge in [-0.15, -0.1) is 0 Å². The van der Waals surface area contributed by atoms with Gasteiger partial charge in [-0.3, -0.25) is 9.69 Å². The highest BCUT2D eigenvalue weighted by Crippen LogP contribution is 2.24. The van der Waals surface area contributed by atoms with Crippen molar-refractivity contribution < 1.29 is 19.1 Å². The summed E-state index contributed by atoms with van der Waals surface area (Å²) in [5, 5.41) is 5.26. The zero-order valence-corrected chi connectivity index (χ0v) is 16.9. The molecule has 0 aromatic heterocycles. The van der Waals surface area contributed by atoms with Crippen LogP contribution in [0.3, 0.4) is 0 Å². The molecule has 0 spiro atoms. The van der Waals surface area contributed by atoms with E-state index in [4.69, 9.17) is 9.47 Å². The van der Waals surface area contributed by atoms with E-state index in [9.17, 15) is 9.59 Å². The van der Waals surface area contributed by atoms with E-state index in [-0.39, 0.29) is 18.6 Å². The average molecular weight is 384 g/mol. The van der Waals surface area contributed by atoms with E-state index in [0.29, 0.717) is 13.2 Å². The standard InChI is InChI=1S/C22H28N2O4/c1-15(17-11-7-9-16-8-5-6-10-18(16)17)23-20(25)19-14-27-13-12-24(19)21(26)28-22(2,3)4/h5-11,15,19H,12-14H2,1-4H3,(H,23,25)/t15-,19?/m1/s1. The summed E-state index contributed by atoms with van der Waals surface area (Å²) >= 11 is 0. The monoisotopic (exact) mass is 384 g/mol. The molecule has 1 aliphatic rings. The lowest BCUT2D eigenvalue weighted by Gasteiger charge is -2.36. The van der Waals surface area contributed by atoms with Crippen molar-refractivity contribution in [3.05, 3.63) is 48.0 Å². The lowest BCUT2D eigenvalue weighted by atomic mass is 9.99. The number of ether oxygens (including phenoxy) is 2. The first-order valence-electron chi connectivity index (χ1n) is 9.61. The van der Waals surface area contributed by atoms with Crippen LogP contribution in [0, 0.1) is 0 Å². The van der Waals surface area contributed by atoms with Gasteiger partial charge in [0.15, 0.2) is 0 Å². The molecule has 1 fully saturated rings. The summed E-state index contributed by atoms with van der Waals surface area (Å²) in [4.78, 5) is 26.9. The van der Waals surface area contributed by atoms with Crippen molar-refractivity contribution in [2.45, 2.75) is 45.4 Å². The molecule has 3 rings (SSSR count). The minimum atomic E-state index is -0.707. The largest absolute Gasteiger partial charge is 0.444 e. The fraction of sp³-hybridized carbons (Fsp3) is 0.455. The topological polar surface area (TPSA) is 67.9 Å². The number of hydrogen-bond donors (Lipinski definition) is 1. The third kappa shape index (κ3) is 4.62. The SMILES string of the molecule is C[C@@H](NC(=O)C1COCCN1C(=O)OC(C)(C)C)c1cccc2ccccc12. The minimum absolute atomic E-state index is 0.160. The van der Waals surface area contributed by atoms with Crippen LogP contribution in [0.2, 0.25) is 0 Å². The molecule has 1 aliphatic heterocycles. The maximum Gasteiger partial charge on any atom is 0.411 e. The van der Waals surface area contributed by atoms with Crippen LogP contribution in [0.15, 0.2) is 42.5 Å². The number of carbonyl (C=O) groups excluding carboxylic acids is 2. The Morgan fingerprint density at radius 2 is 1.89 bits per heavy atom. The molecular formula is C22H28N2O4. The second-order valence-electron chi connectivity index (χ2n) is 8.06. The highest BCUT2D eigenvalue weighted by molar-refractivity contribution is 5.89. The van der Waals surface area contributed by atoms with E-state index < -0.39 is 17.7 Å². The molecular weight excluding hydrogens is 356 g/mol. The van der Waals surface area contributed by atoms with Crippen LogP contribution in [0.1, 0.15) is 39.3 Å². The average Bonchev–Trinajstić information content (AvgIpc) is 2.66. The van der Waals surface area contributed by atoms with Crippen molar-refractivity contribution in [3.63, 3.8) is 0 Å². The first kappa shape index (κ1) is 20.1. The Hall–Kier alpha value is -2.60. The maximum atomic E-state index is 13.0. The predicted molar refractivity (Wildman–Crippen MR) is 108 cm³/mol. The molecule has 150 valence electrons. The van der Waals surface area contributed by atoms with E-state index in [1.165, 1.54) is 4.90 Å². The molecule has 6 nitrogen and oxygen atoms in total. The van der Waals surface area contributed by atoms with E-state index >= 15 is 0 Å². The van der Waals surface area contributed by atoms with Crippen molar-refractivity contribution >= 4 is 22.8 Å². The highest BCUT2D eigenvalue weighted by atomic mass is 16.6. The summed E-state index contributed by atoms with van der Waals surface area (Å²) in [5.74, 6) is -0.244. The summed E-state index contributed by atoms with van der Waals surface area (Å²) in [5.41, 5.74) is 0.416. The number of hydrogen-bond acceptors (Lipinski definition) is 4. The first-order chi connectivity index (χ1) is 13.3. The van der Waals surface area contributed by atoms with Crippen LogP contribution in [0.5, 0.6) is 0 Å². The van der Waals surface area contributed by atoms with Gasteiger partial charge in [0.1, 0.15) is 11.6 Å². The van der Waals surface area contributed by atoms with E-state index in [2.05, 4.69) is 5.32 Å². The smallest absolute Gasteiger partial charge is 0.411 e. The predicted octanol–water partition coefficient (Wildman–Crippen LogP) is 3.65. The number of nitrogens with one attached hydrogen (secondary N) is 1. The Balaban J connectivity index is 1.75. The molecule has 2 atom stereocenters. The molecule has 2 aromatic carbocycles. The van der Waals surface area contributed by atoms with Gasteiger partial charge in [-0.1, -0.05) is 42.5 Å². The number of carbonyl (C=O) groups is 2. The van der Waals surface area contributed by atoms with Crippen molar-refractivity contribution in [3.8, 4) is 0 Å². The normalized spacial score (nSPS) is 18.6. The van der Waals surface area contributed by atoms with Gasteiger partial charge >= 0.3 is 6.09 Å². The van der Waals surface area contributed by atoms with Crippen molar-refractivity contribution in [2.75, 3.05) is 19.8 Å². The molecule has 1 saturated heterocycles. The van der Waals surface area contributed by atoms with Crippen LogP contribution in [0.25, 0.3) is 10.8 Å². The van der Waals surface area contributed by atoms with Crippen LogP contribution in [-0.4, -0.2) is 48.3 Å². The third-order valence-corrected chi connectivity index (χ3v) is 4.71. The van der Waals surface area contributed by atoms with E-state index in [1.54, 1.807) is 0 Å². The molecule has 0 bridgehead atoms. The number of morpholine rings is 1. The molecule has 0 aliphatic carbocycles. The van der Waals surface area contributed by atoms with Gasteiger partial charge in [0.05, 0.1) is 19.3 Å². The Morgan fingerprint density at radius 3 is 2.64 bits per heavy atom. The summed E-state index contributed by atoms with van der Waals surface area (Å²) in [6.45, 7) is 8.25. The Bertz CT molecular complexity index is 854. The first-order valence-corrected chi connectivity index (χ1v) is 9.61. The van der Waals surface area contributed by atoms with Crippen molar-refractivity contribution in [1.29, 1.82) is 0 Å². The maximum absolute atomic E-state index is 13.0. The van der Waals surface area contributed by atoms with Gasteiger partial charge in [-0.2, -0.15) is 0 Å². The molecule has 6 heteroatoms. The second-order valence-corrected chi connectivity index (χ2v) is 8.06. The number of nitrogens with zero attached hydrogens (tertiary/aromatic N) is 1. The Kier molecular flexibility index (Phi) is 5.89. The Labute approximate surface area is 165 Å². The summed E-state index contributed by atoms with van der Waals surface area (Å²) < 4.78 is 10.9. The van der Waals surface area contributed by atoms with E-state index in [1.807, 2.05) is 70.2 Å². The molecule has 1 N–H and O–H groups in total. The van der Waals surface area contributed by atoms with Crippen LogP contribution < -0.4 is 5.32 Å². The number of amides is 2. The molecule has 28 heavy (non-hydrogen) atoms. The minimum Gasteiger partial charge on any atom is -0.444 e. The molecule has 2 amide bonds. The quantitative estimate of drug-likeness (QED) is 0.877. The molecule has 1 unspecified atom stereocenters. The summed E-state index contributed by atoms with van der Waals surface area (Å²) in [6, 6.07) is 13.2. The van der Waals surface area contributed by atoms with Crippen LogP contribution >= 0.6 is 0 Å². The van der Waals surface area contributed by atoms with Gasteiger partial charge in [0, 0.05) is 6.54 Å². The summed E-state index contributed by atoms with van der Waals surface area (Å²) in [6.07, 6.45) is -0.492. The van der Waals surface area contributed by atoms with Gasteiger partial charge in [0.25, 0.3) is 0 Å². The highest BCUT2D eigenvalue weighted by Gasteiger charge is 2.36. The number of rotatable bonds is 3. The van der Waals surface area contributed by atoms with Crippen LogP contribution in [0.4, 0.5) is 4.79 Å². The van der Waals surface area contributed by atoms with Crippen molar-refractivity contribution in [2.24, 2.45) is 0 Å². The molecule has 0 radical (unpaired) electrons. The lowest BCUT2D eigenvalue weighted by molar-refractivity contribution is -0.132. The lowest BCUT2D eigenvalue weighted by Crippen LogP contribution is -2.57. The fourth-order valence-corrected chi connectivity index (χ4v) is 3.38. The number of fused-ring (bicyclic) bond motifs is 1. The third-order valence-electron chi connectivity index (χ3n) is 4.71. The molecule has 1 heterocycles. The van der Waals surface area contributed by atoms with Gasteiger partial charge in [-0.25, -0.2) is 4.79 Å². The molecule has 0 saturated carbocycles. The second kappa shape index (κ2) is 8.19. The molecule has 2 aromatic rings. The van der Waals surface area contributed by atoms with Gasteiger partial charge < -0.3 is 14.8 Å². The van der Waals surface area contributed by atoms with Gasteiger partial charge in [-0.05, 0) is 44.0 Å². The Morgan fingerprint density at radius 1 is 1.18 bits per heavy atom. The van der Waals surface area contributed by atoms with Crippen LogP contribution in [-0.2, 0) is 14.3 Å². The van der Waals surface area contributed by atoms with Gasteiger partial charge in [0.2, 0.25) is 5.91 Å². The van der Waals surface area contributed by atoms with Crippen molar-refractivity contribution in [1.82, 2.24) is 10.2 Å². The fourth-order valence-electron chi connectivity index (χ4n) is 3.38. The zero-order valence-electron chi connectivity index (χ0n) is 16.9. The zero-order chi connectivity index (χ0) is 20.3.